The number of carbonyl (C=O) groups excluding carboxylic acids is 1. The molecule has 1 aromatic rings. The second-order valence-corrected chi connectivity index (χ2v) is 7.27. The Hall–Kier alpha value is -2.60. The number of carbonyl (C=O) groups is 2. The highest BCUT2D eigenvalue weighted by molar-refractivity contribution is 5.79. The van der Waals surface area contributed by atoms with Crippen LogP contribution in [0.25, 0.3) is 0 Å². The summed E-state index contributed by atoms with van der Waals surface area (Å²) >= 11 is 0. The van der Waals surface area contributed by atoms with Gasteiger partial charge in [0.2, 0.25) is 5.91 Å². The van der Waals surface area contributed by atoms with Crippen molar-refractivity contribution in [3.63, 3.8) is 0 Å². The highest BCUT2D eigenvalue weighted by Gasteiger charge is 2.45. The van der Waals surface area contributed by atoms with E-state index >= 15 is 0 Å². The number of anilines is 1. The molecule has 3 rings (SSSR count). The van der Waals surface area contributed by atoms with Crippen molar-refractivity contribution >= 4 is 17.7 Å². The van der Waals surface area contributed by atoms with Crippen LogP contribution in [0.15, 0.2) is 12.4 Å². The third kappa shape index (κ3) is 5.97. The molecule has 31 heavy (non-hydrogen) atoms. The van der Waals surface area contributed by atoms with E-state index in [1.165, 1.54) is 0 Å². The Morgan fingerprint density at radius 3 is 2.32 bits per heavy atom. The van der Waals surface area contributed by atoms with E-state index in [4.69, 9.17) is 9.90 Å². The van der Waals surface area contributed by atoms with E-state index in [1.807, 2.05) is 16.7 Å². The average molecular weight is 456 g/mol. The highest BCUT2D eigenvalue weighted by Crippen LogP contribution is 2.39. The summed E-state index contributed by atoms with van der Waals surface area (Å²) in [5.41, 5.74) is -1.06. The molecule has 1 N–H and O–H groups in total. The molecular weight excluding hydrogens is 434 g/mol. The number of hydrogen-bond acceptors (Lipinski definition) is 5. The van der Waals surface area contributed by atoms with Gasteiger partial charge in [0.25, 0.3) is 0 Å². The monoisotopic (exact) mass is 456 g/mol. The SMILES string of the molecule is CCN1C(=O)CCC12CCCN(c1cc(C(F)(F)F)ncn1)CC2.O=C(O)C(F)(F)F. The summed E-state index contributed by atoms with van der Waals surface area (Å²) in [4.78, 5) is 32.1. The first-order valence-electron chi connectivity index (χ1n) is 9.55. The van der Waals surface area contributed by atoms with Gasteiger partial charge in [0.05, 0.1) is 0 Å². The van der Waals surface area contributed by atoms with Crippen molar-refractivity contribution in [2.75, 3.05) is 24.5 Å². The standard InChI is InChI=1S/C16H21F3N4O.C2HF3O2/c1-2-23-14(24)4-6-15(23)5-3-8-22(9-7-15)13-10-12(16(17,18)19)20-11-21-13;3-2(4,5)1(6)7/h10-11H,2-9H2,1H3;(H,6,7). The Labute approximate surface area is 174 Å². The number of aromatic nitrogens is 2. The van der Waals surface area contributed by atoms with Gasteiger partial charge >= 0.3 is 18.3 Å². The van der Waals surface area contributed by atoms with Crippen molar-refractivity contribution in [2.45, 2.75) is 56.9 Å². The molecule has 0 aromatic carbocycles. The Morgan fingerprint density at radius 2 is 1.77 bits per heavy atom. The first-order valence-corrected chi connectivity index (χ1v) is 9.55. The van der Waals surface area contributed by atoms with E-state index in [9.17, 15) is 31.1 Å². The predicted molar refractivity (Wildman–Crippen MR) is 96.1 cm³/mol. The molecule has 1 spiro atoms. The van der Waals surface area contributed by atoms with E-state index in [2.05, 4.69) is 9.97 Å². The third-order valence-corrected chi connectivity index (χ3v) is 5.42. The van der Waals surface area contributed by atoms with Gasteiger partial charge in [0.1, 0.15) is 17.8 Å². The van der Waals surface area contributed by atoms with Gasteiger partial charge in [0.15, 0.2) is 0 Å². The van der Waals surface area contributed by atoms with Crippen molar-refractivity contribution < 1.29 is 41.0 Å². The van der Waals surface area contributed by atoms with Crippen LogP contribution in [0.1, 0.15) is 44.7 Å². The Morgan fingerprint density at radius 1 is 1.13 bits per heavy atom. The Balaban J connectivity index is 0.000000423. The molecule has 0 aliphatic carbocycles. The number of amides is 1. The fourth-order valence-electron chi connectivity index (χ4n) is 3.99. The van der Waals surface area contributed by atoms with Gasteiger partial charge in [-0.25, -0.2) is 14.8 Å². The smallest absolute Gasteiger partial charge is 0.475 e. The first kappa shape index (κ1) is 24.7. The van der Waals surface area contributed by atoms with Crippen molar-refractivity contribution in [3.05, 3.63) is 18.1 Å². The predicted octanol–water partition coefficient (Wildman–Crippen LogP) is 3.50. The molecule has 2 aliphatic heterocycles. The largest absolute Gasteiger partial charge is 0.490 e. The lowest BCUT2D eigenvalue weighted by atomic mass is 9.88. The molecule has 2 fully saturated rings. The maximum absolute atomic E-state index is 12.8. The summed E-state index contributed by atoms with van der Waals surface area (Å²) in [5, 5.41) is 7.12. The molecule has 1 amide bonds. The van der Waals surface area contributed by atoms with E-state index in [1.54, 1.807) is 0 Å². The fraction of sp³-hybridized carbons (Fsp3) is 0.667. The van der Waals surface area contributed by atoms with Gasteiger partial charge < -0.3 is 14.9 Å². The van der Waals surface area contributed by atoms with Crippen molar-refractivity contribution in [1.29, 1.82) is 0 Å². The highest BCUT2D eigenvalue weighted by atomic mass is 19.4. The molecule has 0 bridgehead atoms. The zero-order valence-corrected chi connectivity index (χ0v) is 16.6. The number of nitrogens with zero attached hydrogens (tertiary/aromatic N) is 4. The maximum atomic E-state index is 12.8. The summed E-state index contributed by atoms with van der Waals surface area (Å²) in [7, 11) is 0. The lowest BCUT2D eigenvalue weighted by molar-refractivity contribution is -0.192. The molecule has 2 aliphatic rings. The van der Waals surface area contributed by atoms with Gasteiger partial charge in [-0.2, -0.15) is 26.3 Å². The number of halogens is 6. The molecule has 1 atom stereocenters. The van der Waals surface area contributed by atoms with Gasteiger partial charge in [-0.3, -0.25) is 4.79 Å². The molecule has 7 nitrogen and oxygen atoms in total. The first-order chi connectivity index (χ1) is 14.3. The molecule has 1 aromatic heterocycles. The molecular formula is C18H22F6N4O3. The summed E-state index contributed by atoms with van der Waals surface area (Å²) in [6.07, 6.45) is -4.70. The van der Waals surface area contributed by atoms with E-state index in [0.717, 1.165) is 38.1 Å². The summed E-state index contributed by atoms with van der Waals surface area (Å²) in [6.45, 7) is 3.90. The number of alkyl halides is 6. The van der Waals surface area contributed by atoms with Crippen LogP contribution in [0.3, 0.4) is 0 Å². The zero-order chi connectivity index (χ0) is 23.4. The maximum Gasteiger partial charge on any atom is 0.490 e. The molecule has 3 heterocycles. The van der Waals surface area contributed by atoms with Crippen molar-refractivity contribution in [2.24, 2.45) is 0 Å². The minimum atomic E-state index is -5.08. The summed E-state index contributed by atoms with van der Waals surface area (Å²) < 4.78 is 70.3. The lowest BCUT2D eigenvalue weighted by Gasteiger charge is -2.37. The molecule has 174 valence electrons. The van der Waals surface area contributed by atoms with Gasteiger partial charge in [-0.15, -0.1) is 0 Å². The minimum absolute atomic E-state index is 0.138. The van der Waals surface area contributed by atoms with Crippen LogP contribution in [-0.4, -0.2) is 63.2 Å². The van der Waals surface area contributed by atoms with Crippen LogP contribution in [0, 0.1) is 0 Å². The normalized spacial score (nSPS) is 22.2. The summed E-state index contributed by atoms with van der Waals surface area (Å²) in [6, 6.07) is 1.01. The number of likely N-dealkylation sites (tertiary alicyclic amines) is 1. The zero-order valence-electron chi connectivity index (χ0n) is 16.6. The number of carboxylic acid groups (broad SMARTS) is 1. The van der Waals surface area contributed by atoms with Crippen LogP contribution in [-0.2, 0) is 15.8 Å². The van der Waals surface area contributed by atoms with Crippen molar-refractivity contribution in [3.8, 4) is 0 Å². The topological polar surface area (TPSA) is 86.6 Å². The van der Waals surface area contributed by atoms with Crippen LogP contribution in [0.5, 0.6) is 0 Å². The number of rotatable bonds is 2. The third-order valence-electron chi connectivity index (χ3n) is 5.42. The summed E-state index contributed by atoms with van der Waals surface area (Å²) in [5.74, 6) is -2.26. The molecule has 0 radical (unpaired) electrons. The fourth-order valence-corrected chi connectivity index (χ4v) is 3.99. The van der Waals surface area contributed by atoms with Crippen molar-refractivity contribution in [1.82, 2.24) is 14.9 Å². The van der Waals surface area contributed by atoms with Gasteiger partial charge in [0, 0.05) is 37.7 Å². The van der Waals surface area contributed by atoms with Crippen LogP contribution in [0.2, 0.25) is 0 Å². The van der Waals surface area contributed by atoms with E-state index in [-0.39, 0.29) is 11.4 Å². The van der Waals surface area contributed by atoms with Crippen LogP contribution >= 0.6 is 0 Å². The van der Waals surface area contributed by atoms with E-state index < -0.39 is 24.0 Å². The molecule has 2 saturated heterocycles. The van der Waals surface area contributed by atoms with Gasteiger partial charge in [-0.05, 0) is 32.6 Å². The quantitative estimate of drug-likeness (QED) is 0.686. The minimum Gasteiger partial charge on any atom is -0.475 e. The van der Waals surface area contributed by atoms with Crippen LogP contribution < -0.4 is 4.90 Å². The Kier molecular flexibility index (Phi) is 7.37. The second kappa shape index (κ2) is 9.27. The molecule has 1 unspecified atom stereocenters. The van der Waals surface area contributed by atoms with E-state index in [0.29, 0.717) is 31.9 Å². The lowest BCUT2D eigenvalue weighted by Crippen LogP contribution is -2.46. The molecule has 13 heteroatoms. The number of hydrogen-bond donors (Lipinski definition) is 1. The van der Waals surface area contributed by atoms with Crippen LogP contribution in [0.4, 0.5) is 32.2 Å². The second-order valence-electron chi connectivity index (χ2n) is 7.27. The number of aliphatic carboxylic acids is 1. The van der Waals surface area contributed by atoms with Gasteiger partial charge in [-0.1, -0.05) is 0 Å². The average Bonchev–Trinajstić information content (AvgIpc) is 2.84. The number of carboxylic acids is 1. The molecule has 0 saturated carbocycles. The Bertz CT molecular complexity index is 801.